The summed E-state index contributed by atoms with van der Waals surface area (Å²) in [7, 11) is 1.40. The smallest absolute Gasteiger partial charge is 0.435 e. The van der Waals surface area contributed by atoms with Crippen molar-refractivity contribution in [2.45, 2.75) is 62.7 Å². The number of pyridine rings is 1. The van der Waals surface area contributed by atoms with E-state index in [1.54, 1.807) is 51.1 Å². The van der Waals surface area contributed by atoms with Crippen LogP contribution in [0.1, 0.15) is 44.1 Å². The van der Waals surface area contributed by atoms with Crippen LogP contribution in [0.5, 0.6) is 0 Å². The van der Waals surface area contributed by atoms with Gasteiger partial charge in [-0.2, -0.15) is 18.2 Å². The summed E-state index contributed by atoms with van der Waals surface area (Å²) >= 11 is 12.5. The van der Waals surface area contributed by atoms with Gasteiger partial charge in [-0.15, -0.1) is 5.10 Å². The molecule has 2 saturated heterocycles. The summed E-state index contributed by atoms with van der Waals surface area (Å²) in [6, 6.07) is 8.65. The van der Waals surface area contributed by atoms with Gasteiger partial charge in [0, 0.05) is 18.9 Å². The van der Waals surface area contributed by atoms with Crippen LogP contribution in [0.15, 0.2) is 42.6 Å². The fourth-order valence-corrected chi connectivity index (χ4v) is 5.49. The van der Waals surface area contributed by atoms with Crippen molar-refractivity contribution in [1.82, 2.24) is 30.6 Å². The lowest BCUT2D eigenvalue weighted by Gasteiger charge is -2.54. The lowest BCUT2D eigenvalue weighted by Crippen LogP contribution is -2.72. The average molecular weight is 691 g/mol. The number of carbonyl (C=O) groups is 1. The maximum Gasteiger partial charge on any atom is 0.435 e. The second-order valence-electron chi connectivity index (χ2n) is 11.3. The molecule has 2 N–H and O–H groups in total. The van der Waals surface area contributed by atoms with Crippen molar-refractivity contribution in [2.24, 2.45) is 0 Å². The zero-order valence-electron chi connectivity index (χ0n) is 25.0. The third-order valence-corrected chi connectivity index (χ3v) is 7.30. The number of carbonyl (C=O) groups excluding carboxylic acids is 1. The highest BCUT2D eigenvalue weighted by Crippen LogP contribution is 2.48. The van der Waals surface area contributed by atoms with Gasteiger partial charge in [-0.25, -0.2) is 19.9 Å². The fraction of sp³-hybridized carbons (Fsp3) is 0.500. The Morgan fingerprint density at radius 1 is 1.15 bits per heavy atom. The molecule has 0 radical (unpaired) electrons. The summed E-state index contributed by atoms with van der Waals surface area (Å²) in [5, 5.41) is 3.56. The molecule has 3 aromatic rings. The molecule has 5 atom stereocenters. The molecule has 5 rings (SSSR count). The fourth-order valence-electron chi connectivity index (χ4n) is 5.18. The van der Waals surface area contributed by atoms with Crippen molar-refractivity contribution in [3.05, 3.63) is 70.0 Å². The highest BCUT2D eigenvalue weighted by molar-refractivity contribution is 6.30. The van der Waals surface area contributed by atoms with Crippen LogP contribution >= 0.6 is 23.2 Å². The molecule has 0 spiro atoms. The molecule has 46 heavy (non-hydrogen) atoms. The Hall–Kier alpha value is -3.09. The number of hydrazine groups is 1. The highest BCUT2D eigenvalue weighted by Gasteiger charge is 2.62. The van der Waals surface area contributed by atoms with Gasteiger partial charge < -0.3 is 28.4 Å². The molecule has 4 heterocycles. The third-order valence-electron chi connectivity index (χ3n) is 6.94. The van der Waals surface area contributed by atoms with Gasteiger partial charge in [0.1, 0.15) is 24.6 Å². The van der Waals surface area contributed by atoms with Gasteiger partial charge in [0.05, 0.1) is 30.0 Å². The maximum atomic E-state index is 14.3. The van der Waals surface area contributed by atoms with E-state index in [1.165, 1.54) is 7.11 Å². The number of hydrogen-bond donors (Lipinski definition) is 2. The molecule has 0 aliphatic carbocycles. The summed E-state index contributed by atoms with van der Waals surface area (Å²) < 4.78 is 79.1. The summed E-state index contributed by atoms with van der Waals surface area (Å²) in [5.41, 5.74) is 1.28. The van der Waals surface area contributed by atoms with Crippen LogP contribution in [0, 0.1) is 0 Å². The van der Waals surface area contributed by atoms with Crippen LogP contribution in [-0.4, -0.2) is 76.8 Å². The number of alkyl halides is 3. The predicted molar refractivity (Wildman–Crippen MR) is 155 cm³/mol. The number of ether oxygens (including phenoxy) is 6. The molecule has 2 fully saturated rings. The topological polar surface area (TPSA) is 140 Å². The average Bonchev–Trinajstić information content (AvgIpc) is 3.39. The minimum absolute atomic E-state index is 0.0828. The van der Waals surface area contributed by atoms with E-state index >= 15 is 0 Å². The van der Waals surface area contributed by atoms with Crippen molar-refractivity contribution in [3.8, 4) is 5.69 Å². The van der Waals surface area contributed by atoms with Gasteiger partial charge in [-0.3, -0.25) is 5.43 Å². The van der Waals surface area contributed by atoms with Gasteiger partial charge in [-0.1, -0.05) is 41.9 Å². The molecule has 1 unspecified atom stereocenters. The molecule has 2 aliphatic rings. The van der Waals surface area contributed by atoms with E-state index < -0.39 is 64.7 Å². The van der Waals surface area contributed by atoms with Gasteiger partial charge in [0.15, 0.2) is 23.4 Å². The first kappa shape index (κ1) is 34.3. The van der Waals surface area contributed by atoms with Crippen molar-refractivity contribution in [3.63, 3.8) is 0 Å². The van der Waals surface area contributed by atoms with E-state index in [9.17, 15) is 18.0 Å². The first-order valence-corrected chi connectivity index (χ1v) is 14.7. The van der Waals surface area contributed by atoms with Gasteiger partial charge in [-0.05, 0) is 38.4 Å². The third kappa shape index (κ3) is 7.23. The number of amides is 1. The minimum atomic E-state index is -4.93. The number of methoxy groups -OCH3 is 1. The second kappa shape index (κ2) is 13.6. The first-order valence-electron chi connectivity index (χ1n) is 13.9. The van der Waals surface area contributed by atoms with Crippen LogP contribution in [0.25, 0.3) is 5.69 Å². The summed E-state index contributed by atoms with van der Waals surface area (Å²) in [6.45, 7) is 4.60. The van der Waals surface area contributed by atoms with Crippen molar-refractivity contribution >= 4 is 29.3 Å². The molecule has 18 heteroatoms. The Morgan fingerprint density at radius 3 is 2.57 bits per heavy atom. The number of nitrogens with one attached hydrogen (secondary N) is 2. The lowest BCUT2D eigenvalue weighted by atomic mass is 9.80. The zero-order chi connectivity index (χ0) is 33.3. The maximum absolute atomic E-state index is 14.3. The highest BCUT2D eigenvalue weighted by atomic mass is 35.5. The second-order valence-corrected chi connectivity index (χ2v) is 12.1. The Labute approximate surface area is 271 Å². The molecular formula is C28H31Cl2F3N6O7. The standard InChI is InChI=1S/C28H31Cl2F3N6O7/c1-26(2,3)46-25(40)37-36-21-18(44-14-41-4)12-42-19-13-43-22(15-8-6-5-7-9-15)45-27(19,21)23-35-24(30)38-39(23)17-10-16(29)11-34-20(17)28(31,32)33/h5-11,18-19,21-22,36H,12-14H2,1-4H3,(H,37,40)/t18-,19+,21+,22?,27+/m0/s1. The van der Waals surface area contributed by atoms with Crippen LogP contribution < -0.4 is 10.9 Å². The van der Waals surface area contributed by atoms with Gasteiger partial charge >= 0.3 is 12.3 Å². The molecular weight excluding hydrogens is 660 g/mol. The normalized spacial score (nSPS) is 25.2. The van der Waals surface area contributed by atoms with E-state index in [0.29, 0.717) is 5.56 Å². The first-order chi connectivity index (χ1) is 21.7. The Bertz CT molecular complexity index is 1530. The number of benzene rings is 1. The number of nitrogens with zero attached hydrogens (tertiary/aromatic N) is 4. The molecule has 250 valence electrons. The van der Waals surface area contributed by atoms with E-state index in [0.717, 1.165) is 16.9 Å². The summed E-state index contributed by atoms with van der Waals surface area (Å²) in [4.78, 5) is 20.7. The molecule has 1 amide bonds. The summed E-state index contributed by atoms with van der Waals surface area (Å²) in [5.74, 6) is -0.254. The van der Waals surface area contributed by atoms with Crippen molar-refractivity contribution < 1.29 is 46.4 Å². The molecule has 0 saturated carbocycles. The van der Waals surface area contributed by atoms with Crippen LogP contribution in [0.4, 0.5) is 18.0 Å². The number of halogens is 5. The van der Waals surface area contributed by atoms with E-state index in [2.05, 4.69) is 25.9 Å². The largest absolute Gasteiger partial charge is 0.443 e. The Balaban J connectivity index is 1.72. The molecule has 13 nitrogen and oxygen atoms in total. The molecule has 1 aromatic carbocycles. The quantitative estimate of drug-likeness (QED) is 0.251. The lowest BCUT2D eigenvalue weighted by molar-refractivity contribution is -0.356. The minimum Gasteiger partial charge on any atom is -0.443 e. The molecule has 0 bridgehead atoms. The number of hydrogen-bond acceptors (Lipinski definition) is 11. The van der Waals surface area contributed by atoms with Gasteiger partial charge in [0.25, 0.3) is 0 Å². The summed E-state index contributed by atoms with van der Waals surface area (Å²) in [6.07, 6.45) is -8.06. The van der Waals surface area contributed by atoms with Gasteiger partial charge in [0.2, 0.25) is 5.28 Å². The number of rotatable bonds is 8. The molecule has 2 aliphatic heterocycles. The predicted octanol–water partition coefficient (Wildman–Crippen LogP) is 4.71. The van der Waals surface area contributed by atoms with Crippen LogP contribution in [0.2, 0.25) is 10.3 Å². The van der Waals surface area contributed by atoms with Crippen molar-refractivity contribution in [1.29, 1.82) is 0 Å². The van der Waals surface area contributed by atoms with Crippen molar-refractivity contribution in [2.75, 3.05) is 27.1 Å². The van der Waals surface area contributed by atoms with E-state index in [-0.39, 0.29) is 30.9 Å². The molecule has 2 aromatic heterocycles. The number of aromatic nitrogens is 4. The monoisotopic (exact) mass is 690 g/mol. The van der Waals surface area contributed by atoms with E-state index in [4.69, 9.17) is 51.6 Å². The zero-order valence-corrected chi connectivity index (χ0v) is 26.5. The number of fused-ring (bicyclic) bond motifs is 1. The Morgan fingerprint density at radius 2 is 1.89 bits per heavy atom. The van der Waals surface area contributed by atoms with Crippen LogP contribution in [-0.2, 0) is 40.2 Å². The van der Waals surface area contributed by atoms with Crippen LogP contribution in [0.3, 0.4) is 0 Å². The van der Waals surface area contributed by atoms with E-state index in [1.807, 2.05) is 0 Å². The Kier molecular flexibility index (Phi) is 10.1. The SMILES string of the molecule is COCO[C@H]1CO[C@@H]2COC(c3ccccc3)O[C@@]2(c2nc(Cl)nn2-c2cc(Cl)cnc2C(F)(F)F)[C@@H]1NNC(=O)OC(C)(C)C.